The Labute approximate surface area is 125 Å². The molecule has 0 atom stereocenters. The summed E-state index contributed by atoms with van der Waals surface area (Å²) in [5.74, 6) is -1.12. The summed E-state index contributed by atoms with van der Waals surface area (Å²) in [6.07, 6.45) is 3.08. The van der Waals surface area contributed by atoms with Gasteiger partial charge >= 0.3 is 5.97 Å². The van der Waals surface area contributed by atoms with Gasteiger partial charge in [-0.2, -0.15) is 0 Å². The second-order valence-corrected chi connectivity index (χ2v) is 6.44. The van der Waals surface area contributed by atoms with Gasteiger partial charge in [-0.15, -0.1) is 0 Å². The number of nitrogens with zero attached hydrogens (tertiary/aromatic N) is 2. The highest BCUT2D eigenvalue weighted by molar-refractivity contribution is 5.94. The molecule has 2 rings (SSSR count). The van der Waals surface area contributed by atoms with Crippen LogP contribution in [0.2, 0.25) is 0 Å². The maximum absolute atomic E-state index is 12.5. The van der Waals surface area contributed by atoms with Crippen LogP contribution in [0.5, 0.6) is 0 Å². The molecule has 2 heterocycles. The minimum atomic E-state index is -1.02. The summed E-state index contributed by atoms with van der Waals surface area (Å²) in [4.78, 5) is 29.5. The van der Waals surface area contributed by atoms with E-state index in [4.69, 9.17) is 5.11 Å². The molecule has 0 radical (unpaired) electrons. The summed E-state index contributed by atoms with van der Waals surface area (Å²) in [7, 11) is 0. The molecule has 0 bridgehead atoms. The number of rotatable bonds is 2. The van der Waals surface area contributed by atoms with Crippen LogP contribution < -0.4 is 0 Å². The number of hydrogen-bond donors (Lipinski definition) is 1. The fourth-order valence-corrected chi connectivity index (χ4v) is 2.69. The van der Waals surface area contributed by atoms with Crippen LogP contribution in [0.1, 0.15) is 59.7 Å². The fraction of sp³-hybridized carbons (Fsp3) is 0.562. The Hall–Kier alpha value is -1.91. The van der Waals surface area contributed by atoms with Crippen LogP contribution in [0.3, 0.4) is 0 Å². The average Bonchev–Trinajstić information content (AvgIpc) is 2.58. The van der Waals surface area contributed by atoms with E-state index in [1.807, 2.05) is 4.90 Å². The van der Waals surface area contributed by atoms with Crippen LogP contribution >= 0.6 is 0 Å². The van der Waals surface area contributed by atoms with E-state index in [1.54, 1.807) is 6.92 Å². The standard InChI is InChI=1S/C16H22N2O3/c1-11-12(15(20)21)5-6-13(17-11)14(19)18-9-4-7-16(2,3)8-10-18/h5-6H,4,7-10H2,1-3H3,(H,20,21). The van der Waals surface area contributed by atoms with E-state index < -0.39 is 5.97 Å². The van der Waals surface area contributed by atoms with Crippen LogP contribution in [-0.2, 0) is 0 Å². The maximum atomic E-state index is 12.5. The van der Waals surface area contributed by atoms with E-state index in [-0.39, 0.29) is 16.9 Å². The molecule has 114 valence electrons. The summed E-state index contributed by atoms with van der Waals surface area (Å²) in [6.45, 7) is 7.54. The predicted octanol–water partition coefficient (Wildman–Crippen LogP) is 2.74. The number of carboxylic acid groups (broad SMARTS) is 1. The number of pyridine rings is 1. The van der Waals surface area contributed by atoms with Crippen molar-refractivity contribution in [3.05, 3.63) is 29.1 Å². The minimum Gasteiger partial charge on any atom is -0.478 e. The zero-order chi connectivity index (χ0) is 15.6. The quantitative estimate of drug-likeness (QED) is 0.909. The van der Waals surface area contributed by atoms with E-state index >= 15 is 0 Å². The summed E-state index contributed by atoms with van der Waals surface area (Å²) in [6, 6.07) is 2.97. The predicted molar refractivity (Wildman–Crippen MR) is 79.5 cm³/mol. The number of amides is 1. The molecule has 0 aromatic carbocycles. The summed E-state index contributed by atoms with van der Waals surface area (Å²) < 4.78 is 0. The molecule has 1 N–H and O–H groups in total. The number of aromatic carboxylic acids is 1. The van der Waals surface area contributed by atoms with Gasteiger partial charge in [-0.25, -0.2) is 9.78 Å². The lowest BCUT2D eigenvalue weighted by atomic mass is 9.85. The Balaban J connectivity index is 2.16. The number of aromatic nitrogens is 1. The third kappa shape index (κ3) is 3.60. The van der Waals surface area contributed by atoms with Gasteiger partial charge in [0.2, 0.25) is 0 Å². The highest BCUT2D eigenvalue weighted by atomic mass is 16.4. The molecular weight excluding hydrogens is 268 g/mol. The fourth-order valence-electron chi connectivity index (χ4n) is 2.69. The van der Waals surface area contributed by atoms with Crippen molar-refractivity contribution in [2.24, 2.45) is 5.41 Å². The Morgan fingerprint density at radius 1 is 1.24 bits per heavy atom. The molecule has 1 amide bonds. The topological polar surface area (TPSA) is 70.5 Å². The number of carboxylic acids is 1. The van der Waals surface area contributed by atoms with Crippen LogP contribution in [0.15, 0.2) is 12.1 Å². The third-order valence-electron chi connectivity index (χ3n) is 4.16. The summed E-state index contributed by atoms with van der Waals surface area (Å²) >= 11 is 0. The number of aryl methyl sites for hydroxylation is 1. The highest BCUT2D eigenvalue weighted by Crippen LogP contribution is 2.30. The molecule has 5 nitrogen and oxygen atoms in total. The molecule has 0 unspecified atom stereocenters. The number of carbonyl (C=O) groups is 2. The lowest BCUT2D eigenvalue weighted by Crippen LogP contribution is -2.33. The first kappa shape index (κ1) is 15.5. The van der Waals surface area contributed by atoms with Crippen molar-refractivity contribution in [2.75, 3.05) is 13.1 Å². The normalized spacial score (nSPS) is 18.1. The number of carbonyl (C=O) groups excluding carboxylic acids is 1. The SMILES string of the molecule is Cc1nc(C(=O)N2CCCC(C)(C)CC2)ccc1C(=O)O. The van der Waals surface area contributed by atoms with Gasteiger partial charge in [0.15, 0.2) is 0 Å². The van der Waals surface area contributed by atoms with Gasteiger partial charge < -0.3 is 10.0 Å². The largest absolute Gasteiger partial charge is 0.478 e. The molecule has 21 heavy (non-hydrogen) atoms. The van der Waals surface area contributed by atoms with Gasteiger partial charge in [-0.3, -0.25) is 4.79 Å². The Morgan fingerprint density at radius 2 is 1.95 bits per heavy atom. The first-order valence-corrected chi connectivity index (χ1v) is 7.30. The number of likely N-dealkylation sites (tertiary alicyclic amines) is 1. The van der Waals surface area contributed by atoms with Gasteiger partial charge in [-0.1, -0.05) is 13.8 Å². The molecule has 1 fully saturated rings. The maximum Gasteiger partial charge on any atom is 0.337 e. The van der Waals surface area contributed by atoms with Crippen molar-refractivity contribution in [1.82, 2.24) is 9.88 Å². The Bertz CT molecular complexity index is 567. The lowest BCUT2D eigenvalue weighted by Gasteiger charge is -2.23. The first-order chi connectivity index (χ1) is 9.80. The van der Waals surface area contributed by atoms with E-state index in [0.717, 1.165) is 32.4 Å². The third-order valence-corrected chi connectivity index (χ3v) is 4.16. The van der Waals surface area contributed by atoms with Gasteiger partial charge in [0.1, 0.15) is 5.69 Å². The van der Waals surface area contributed by atoms with Gasteiger partial charge in [0, 0.05) is 13.1 Å². The first-order valence-electron chi connectivity index (χ1n) is 7.30. The van der Waals surface area contributed by atoms with Crippen LogP contribution in [0, 0.1) is 12.3 Å². The molecule has 0 aliphatic carbocycles. The monoisotopic (exact) mass is 290 g/mol. The molecule has 0 saturated carbocycles. The van der Waals surface area contributed by atoms with E-state index in [2.05, 4.69) is 18.8 Å². The Kier molecular flexibility index (Phi) is 4.30. The van der Waals surface area contributed by atoms with Crippen molar-refractivity contribution in [3.63, 3.8) is 0 Å². The second-order valence-electron chi connectivity index (χ2n) is 6.44. The molecule has 1 aromatic rings. The van der Waals surface area contributed by atoms with E-state index in [9.17, 15) is 9.59 Å². The van der Waals surface area contributed by atoms with Gasteiger partial charge in [-0.05, 0) is 43.7 Å². The summed E-state index contributed by atoms with van der Waals surface area (Å²) in [5, 5.41) is 9.00. The van der Waals surface area contributed by atoms with E-state index in [1.165, 1.54) is 12.1 Å². The molecule has 1 saturated heterocycles. The molecule has 0 spiro atoms. The zero-order valence-corrected chi connectivity index (χ0v) is 12.8. The smallest absolute Gasteiger partial charge is 0.337 e. The van der Waals surface area contributed by atoms with Crippen LogP contribution in [0.4, 0.5) is 0 Å². The highest BCUT2D eigenvalue weighted by Gasteiger charge is 2.26. The van der Waals surface area contributed by atoms with Gasteiger partial charge in [0.25, 0.3) is 5.91 Å². The zero-order valence-electron chi connectivity index (χ0n) is 12.8. The average molecular weight is 290 g/mol. The van der Waals surface area contributed by atoms with Crippen molar-refractivity contribution in [2.45, 2.75) is 40.0 Å². The van der Waals surface area contributed by atoms with Crippen LogP contribution in [-0.4, -0.2) is 40.0 Å². The molecular formula is C16H22N2O3. The second kappa shape index (κ2) is 5.84. The van der Waals surface area contributed by atoms with Crippen LogP contribution in [0.25, 0.3) is 0 Å². The molecule has 1 aliphatic heterocycles. The number of hydrogen-bond acceptors (Lipinski definition) is 3. The van der Waals surface area contributed by atoms with Gasteiger partial charge in [0.05, 0.1) is 11.3 Å². The van der Waals surface area contributed by atoms with Crippen molar-refractivity contribution >= 4 is 11.9 Å². The molecule has 5 heteroatoms. The molecule has 1 aromatic heterocycles. The molecule has 1 aliphatic rings. The Morgan fingerprint density at radius 3 is 2.57 bits per heavy atom. The van der Waals surface area contributed by atoms with Crippen molar-refractivity contribution in [3.8, 4) is 0 Å². The van der Waals surface area contributed by atoms with Crippen molar-refractivity contribution in [1.29, 1.82) is 0 Å². The summed E-state index contributed by atoms with van der Waals surface area (Å²) in [5.41, 5.74) is 1.12. The minimum absolute atomic E-state index is 0.104. The van der Waals surface area contributed by atoms with Crippen molar-refractivity contribution < 1.29 is 14.7 Å². The van der Waals surface area contributed by atoms with E-state index in [0.29, 0.717) is 11.4 Å². The lowest BCUT2D eigenvalue weighted by molar-refractivity contribution is 0.0691.